The van der Waals surface area contributed by atoms with Gasteiger partial charge in [0, 0.05) is 24.5 Å². The van der Waals surface area contributed by atoms with E-state index in [4.69, 9.17) is 10.5 Å². The Bertz CT molecular complexity index is 360. The molecule has 0 aromatic heterocycles. The van der Waals surface area contributed by atoms with Crippen molar-refractivity contribution in [2.75, 3.05) is 30.3 Å². The van der Waals surface area contributed by atoms with E-state index < -0.39 is 0 Å². The third kappa shape index (κ3) is 1.65. The zero-order valence-electron chi connectivity index (χ0n) is 9.48. The van der Waals surface area contributed by atoms with E-state index in [2.05, 4.69) is 17.0 Å². The normalized spacial score (nSPS) is 23.1. The van der Waals surface area contributed by atoms with E-state index in [1.54, 1.807) is 0 Å². The fraction of sp³-hybridized carbons (Fsp3) is 0.538. The maximum atomic E-state index is 5.72. The van der Waals surface area contributed by atoms with Crippen molar-refractivity contribution in [3.05, 3.63) is 24.3 Å². The summed E-state index contributed by atoms with van der Waals surface area (Å²) < 4.78 is 5.72. The molecule has 2 N–H and O–H groups in total. The van der Waals surface area contributed by atoms with Gasteiger partial charge in [0.15, 0.2) is 0 Å². The van der Waals surface area contributed by atoms with Crippen molar-refractivity contribution in [1.82, 2.24) is 0 Å². The summed E-state index contributed by atoms with van der Waals surface area (Å²) in [7, 11) is 0. The quantitative estimate of drug-likeness (QED) is 0.733. The third-order valence-corrected chi connectivity index (χ3v) is 3.90. The van der Waals surface area contributed by atoms with E-state index in [-0.39, 0.29) is 5.60 Å². The molecule has 0 unspecified atom stereocenters. The summed E-state index contributed by atoms with van der Waals surface area (Å²) in [5, 5.41) is 0. The van der Waals surface area contributed by atoms with Crippen LogP contribution in [0.5, 0.6) is 0 Å². The van der Waals surface area contributed by atoms with Gasteiger partial charge < -0.3 is 15.4 Å². The molecule has 2 fully saturated rings. The summed E-state index contributed by atoms with van der Waals surface area (Å²) in [5.41, 5.74) is 8.05. The number of nitrogens with two attached hydrogens (primary N) is 1. The zero-order valence-corrected chi connectivity index (χ0v) is 9.48. The smallest absolute Gasteiger partial charge is 0.0738 e. The second-order valence-electron chi connectivity index (χ2n) is 4.86. The average molecular weight is 218 g/mol. The molecule has 0 bridgehead atoms. The van der Waals surface area contributed by atoms with Crippen LogP contribution in [0.4, 0.5) is 11.4 Å². The van der Waals surface area contributed by atoms with Crippen LogP contribution >= 0.6 is 0 Å². The lowest BCUT2D eigenvalue weighted by Gasteiger charge is -2.48. The first-order valence-corrected chi connectivity index (χ1v) is 6.02. The van der Waals surface area contributed by atoms with Gasteiger partial charge in [-0.2, -0.15) is 0 Å². The van der Waals surface area contributed by atoms with Crippen molar-refractivity contribution in [3.8, 4) is 0 Å². The van der Waals surface area contributed by atoms with Crippen LogP contribution in [0.25, 0.3) is 0 Å². The van der Waals surface area contributed by atoms with Crippen LogP contribution in [0.15, 0.2) is 24.3 Å². The molecular weight excluding hydrogens is 200 g/mol. The van der Waals surface area contributed by atoms with Crippen molar-refractivity contribution < 1.29 is 4.74 Å². The van der Waals surface area contributed by atoms with Crippen LogP contribution in [0.1, 0.15) is 19.3 Å². The van der Waals surface area contributed by atoms with Crippen LogP contribution in [-0.2, 0) is 4.74 Å². The molecule has 1 aromatic carbocycles. The van der Waals surface area contributed by atoms with Crippen LogP contribution in [-0.4, -0.2) is 25.3 Å². The lowest BCUT2D eigenvalue weighted by Crippen LogP contribution is -2.52. The van der Waals surface area contributed by atoms with Gasteiger partial charge in [0.2, 0.25) is 0 Å². The summed E-state index contributed by atoms with van der Waals surface area (Å²) in [6.45, 7) is 3.16. The first-order valence-electron chi connectivity index (χ1n) is 6.02. The van der Waals surface area contributed by atoms with Gasteiger partial charge in [-0.15, -0.1) is 0 Å². The van der Waals surface area contributed by atoms with Gasteiger partial charge in [0.05, 0.1) is 12.2 Å². The van der Waals surface area contributed by atoms with Gasteiger partial charge in [-0.05, 0) is 43.5 Å². The van der Waals surface area contributed by atoms with E-state index in [0.717, 1.165) is 38.2 Å². The van der Waals surface area contributed by atoms with Crippen LogP contribution in [0.3, 0.4) is 0 Å². The molecule has 16 heavy (non-hydrogen) atoms. The van der Waals surface area contributed by atoms with Crippen molar-refractivity contribution in [1.29, 1.82) is 0 Å². The van der Waals surface area contributed by atoms with E-state index in [9.17, 15) is 0 Å². The minimum atomic E-state index is 0.240. The van der Waals surface area contributed by atoms with E-state index in [0.29, 0.717) is 0 Å². The fourth-order valence-corrected chi connectivity index (χ4v) is 2.64. The van der Waals surface area contributed by atoms with Crippen molar-refractivity contribution in [2.24, 2.45) is 0 Å². The summed E-state index contributed by atoms with van der Waals surface area (Å²) in [4.78, 5) is 2.42. The van der Waals surface area contributed by atoms with Gasteiger partial charge in [0.25, 0.3) is 0 Å². The number of piperidine rings is 1. The third-order valence-electron chi connectivity index (χ3n) is 3.90. The van der Waals surface area contributed by atoms with Gasteiger partial charge >= 0.3 is 0 Å². The first kappa shape index (κ1) is 9.97. The Morgan fingerprint density at radius 1 is 1.06 bits per heavy atom. The molecule has 1 aromatic rings. The highest BCUT2D eigenvalue weighted by atomic mass is 16.5. The topological polar surface area (TPSA) is 38.5 Å². The number of anilines is 2. The summed E-state index contributed by atoms with van der Waals surface area (Å²) in [6, 6.07) is 8.16. The predicted octanol–water partition coefficient (Wildman–Crippen LogP) is 2.03. The molecule has 3 heteroatoms. The van der Waals surface area contributed by atoms with Crippen molar-refractivity contribution >= 4 is 11.4 Å². The zero-order chi connectivity index (χ0) is 11.0. The molecule has 2 heterocycles. The molecule has 3 rings (SSSR count). The minimum Gasteiger partial charge on any atom is -0.399 e. The molecule has 0 amide bonds. The van der Waals surface area contributed by atoms with Crippen LogP contribution in [0.2, 0.25) is 0 Å². The molecular formula is C13H18N2O. The second-order valence-corrected chi connectivity index (χ2v) is 4.86. The highest BCUT2D eigenvalue weighted by Gasteiger charge is 2.40. The van der Waals surface area contributed by atoms with Crippen molar-refractivity contribution in [2.45, 2.75) is 24.9 Å². The Morgan fingerprint density at radius 3 is 2.19 bits per heavy atom. The largest absolute Gasteiger partial charge is 0.399 e. The van der Waals surface area contributed by atoms with E-state index >= 15 is 0 Å². The van der Waals surface area contributed by atoms with Crippen LogP contribution in [0, 0.1) is 0 Å². The number of benzene rings is 1. The second kappa shape index (κ2) is 3.67. The number of nitrogens with zero attached hydrogens (tertiary/aromatic N) is 1. The molecule has 86 valence electrons. The molecule has 2 aliphatic heterocycles. The molecule has 0 saturated carbocycles. The van der Waals surface area contributed by atoms with Gasteiger partial charge in [-0.1, -0.05) is 0 Å². The summed E-state index contributed by atoms with van der Waals surface area (Å²) in [5.74, 6) is 0. The number of nitrogen functional groups attached to an aromatic ring is 1. The number of ether oxygens (including phenoxy) is 1. The molecule has 2 saturated heterocycles. The SMILES string of the molecule is Nc1ccc(N2CCC3(CCO3)CC2)cc1. The Morgan fingerprint density at radius 2 is 1.69 bits per heavy atom. The molecule has 0 atom stereocenters. The Balaban J connectivity index is 1.67. The monoisotopic (exact) mass is 218 g/mol. The Kier molecular flexibility index (Phi) is 2.28. The van der Waals surface area contributed by atoms with Gasteiger partial charge in [-0.3, -0.25) is 0 Å². The van der Waals surface area contributed by atoms with E-state index in [1.165, 1.54) is 12.1 Å². The Labute approximate surface area is 96.2 Å². The lowest BCUT2D eigenvalue weighted by molar-refractivity contribution is -0.158. The highest BCUT2D eigenvalue weighted by Crippen LogP contribution is 2.37. The molecule has 0 radical (unpaired) electrons. The average Bonchev–Trinajstić information content (AvgIpc) is 2.28. The van der Waals surface area contributed by atoms with Crippen LogP contribution < -0.4 is 10.6 Å². The molecule has 0 aliphatic carbocycles. The lowest BCUT2D eigenvalue weighted by atomic mass is 9.84. The maximum absolute atomic E-state index is 5.72. The number of hydrogen-bond acceptors (Lipinski definition) is 3. The Hall–Kier alpha value is -1.22. The van der Waals surface area contributed by atoms with Gasteiger partial charge in [-0.25, -0.2) is 0 Å². The van der Waals surface area contributed by atoms with Gasteiger partial charge in [0.1, 0.15) is 0 Å². The molecule has 2 aliphatic rings. The van der Waals surface area contributed by atoms with E-state index in [1.807, 2.05) is 12.1 Å². The minimum absolute atomic E-state index is 0.240. The highest BCUT2D eigenvalue weighted by molar-refractivity contribution is 5.53. The summed E-state index contributed by atoms with van der Waals surface area (Å²) in [6.07, 6.45) is 3.58. The maximum Gasteiger partial charge on any atom is 0.0738 e. The summed E-state index contributed by atoms with van der Waals surface area (Å²) >= 11 is 0. The molecule has 3 nitrogen and oxygen atoms in total. The fourth-order valence-electron chi connectivity index (χ4n) is 2.64. The molecule has 1 spiro atoms. The standard InChI is InChI=1S/C13H18N2O/c14-11-1-3-12(4-2-11)15-8-5-13(6-9-15)7-10-16-13/h1-4H,5-10,14H2. The predicted molar refractivity (Wildman–Crippen MR) is 65.6 cm³/mol. The number of hydrogen-bond donors (Lipinski definition) is 1. The van der Waals surface area contributed by atoms with Crippen molar-refractivity contribution in [3.63, 3.8) is 0 Å². The first-order chi connectivity index (χ1) is 7.77. The number of rotatable bonds is 1.